The second kappa shape index (κ2) is 3.14. The van der Waals surface area contributed by atoms with Crippen LogP contribution in [0.15, 0.2) is 18.2 Å². The summed E-state index contributed by atoms with van der Waals surface area (Å²) < 4.78 is 25.9. The fourth-order valence-corrected chi connectivity index (χ4v) is 1.12. The summed E-state index contributed by atoms with van der Waals surface area (Å²) in [5, 5.41) is 8.59. The van der Waals surface area contributed by atoms with Gasteiger partial charge in [-0.15, -0.1) is 0 Å². The van der Waals surface area contributed by atoms with Crippen molar-refractivity contribution in [2.45, 2.75) is 19.8 Å². The monoisotopic (exact) mass is 181 g/mol. The Morgan fingerprint density at radius 3 is 2.46 bits per heavy atom. The van der Waals surface area contributed by atoms with Crippen molar-refractivity contribution in [3.05, 3.63) is 34.9 Å². The van der Waals surface area contributed by atoms with E-state index in [1.54, 1.807) is 19.1 Å². The van der Waals surface area contributed by atoms with Crippen molar-refractivity contribution < 1.29 is 8.78 Å². The van der Waals surface area contributed by atoms with Crippen molar-refractivity contribution in [1.29, 1.82) is 5.26 Å². The van der Waals surface area contributed by atoms with E-state index in [0.29, 0.717) is 0 Å². The minimum atomic E-state index is -2.95. The van der Waals surface area contributed by atoms with Gasteiger partial charge in [0, 0.05) is 12.5 Å². The molecule has 0 aliphatic heterocycles. The molecule has 1 nitrogen and oxygen atoms in total. The molecule has 0 amide bonds. The average molecular weight is 181 g/mol. The zero-order valence-corrected chi connectivity index (χ0v) is 7.44. The maximum Gasteiger partial charge on any atom is 0.271 e. The Kier molecular flexibility index (Phi) is 2.33. The molecule has 1 aromatic carbocycles. The van der Waals surface area contributed by atoms with Crippen LogP contribution >= 0.6 is 0 Å². The molecule has 0 atom stereocenters. The van der Waals surface area contributed by atoms with Crippen LogP contribution in [0.4, 0.5) is 8.78 Å². The van der Waals surface area contributed by atoms with Gasteiger partial charge in [0.2, 0.25) is 0 Å². The van der Waals surface area contributed by atoms with Crippen LogP contribution in [0.5, 0.6) is 0 Å². The summed E-state index contributed by atoms with van der Waals surface area (Å²) in [6.07, 6.45) is 0. The molecule has 0 saturated carbocycles. The number of halogens is 2. The highest BCUT2D eigenvalue weighted by molar-refractivity contribution is 5.42. The predicted octanol–water partition coefficient (Wildman–Crippen LogP) is 2.98. The third kappa shape index (κ3) is 2.03. The van der Waals surface area contributed by atoms with Crippen LogP contribution in [0, 0.1) is 18.3 Å². The Hall–Kier alpha value is -1.43. The van der Waals surface area contributed by atoms with Gasteiger partial charge in [-0.05, 0) is 19.1 Å². The second-order valence-corrected chi connectivity index (χ2v) is 3.05. The number of nitriles is 1. The molecule has 0 aliphatic rings. The third-order valence-electron chi connectivity index (χ3n) is 1.77. The predicted molar refractivity (Wildman–Crippen MR) is 45.5 cm³/mol. The lowest BCUT2D eigenvalue weighted by Gasteiger charge is -2.12. The van der Waals surface area contributed by atoms with Gasteiger partial charge >= 0.3 is 0 Å². The SMILES string of the molecule is Cc1ccc(C#N)c(C(C)(F)F)c1. The molecular formula is C10H9F2N. The number of rotatable bonds is 1. The molecule has 13 heavy (non-hydrogen) atoms. The molecule has 0 saturated heterocycles. The molecule has 1 rings (SSSR count). The van der Waals surface area contributed by atoms with Gasteiger partial charge in [-0.2, -0.15) is 5.26 Å². The van der Waals surface area contributed by atoms with Crippen LogP contribution in [0.3, 0.4) is 0 Å². The van der Waals surface area contributed by atoms with Gasteiger partial charge < -0.3 is 0 Å². The number of aryl methyl sites for hydroxylation is 1. The first-order valence-electron chi connectivity index (χ1n) is 3.84. The summed E-state index contributed by atoms with van der Waals surface area (Å²) >= 11 is 0. The number of benzene rings is 1. The molecule has 0 spiro atoms. The first kappa shape index (κ1) is 9.66. The lowest BCUT2D eigenvalue weighted by Crippen LogP contribution is -2.09. The van der Waals surface area contributed by atoms with Crippen LogP contribution in [0.2, 0.25) is 0 Å². The van der Waals surface area contributed by atoms with Crippen molar-refractivity contribution in [2.75, 3.05) is 0 Å². The molecule has 0 radical (unpaired) electrons. The maximum atomic E-state index is 12.9. The van der Waals surface area contributed by atoms with Crippen molar-refractivity contribution in [3.63, 3.8) is 0 Å². The Morgan fingerprint density at radius 1 is 1.38 bits per heavy atom. The average Bonchev–Trinajstić information content (AvgIpc) is 2.03. The van der Waals surface area contributed by atoms with Gasteiger partial charge in [-0.1, -0.05) is 11.6 Å². The first-order chi connectivity index (χ1) is 5.95. The molecule has 68 valence electrons. The summed E-state index contributed by atoms with van der Waals surface area (Å²) in [7, 11) is 0. The Balaban J connectivity index is 3.35. The van der Waals surface area contributed by atoms with Crippen LogP contribution in [-0.4, -0.2) is 0 Å². The summed E-state index contributed by atoms with van der Waals surface area (Å²) in [6, 6.07) is 6.16. The molecule has 0 unspecified atom stereocenters. The fraction of sp³-hybridized carbons (Fsp3) is 0.300. The van der Waals surface area contributed by atoms with Crippen LogP contribution in [-0.2, 0) is 5.92 Å². The van der Waals surface area contributed by atoms with Gasteiger partial charge in [-0.3, -0.25) is 0 Å². The molecule has 0 aromatic heterocycles. The Labute approximate surface area is 75.6 Å². The zero-order valence-electron chi connectivity index (χ0n) is 7.44. The summed E-state index contributed by atoms with van der Waals surface area (Å²) in [4.78, 5) is 0. The van der Waals surface area contributed by atoms with Gasteiger partial charge in [0.25, 0.3) is 5.92 Å². The molecule has 0 bridgehead atoms. The van der Waals surface area contributed by atoms with E-state index in [1.165, 1.54) is 12.1 Å². The number of hydrogen-bond donors (Lipinski definition) is 0. The van der Waals surface area contributed by atoms with Gasteiger partial charge in [0.15, 0.2) is 0 Å². The van der Waals surface area contributed by atoms with E-state index >= 15 is 0 Å². The van der Waals surface area contributed by atoms with Gasteiger partial charge in [-0.25, -0.2) is 8.78 Å². The van der Waals surface area contributed by atoms with Crippen molar-refractivity contribution in [3.8, 4) is 6.07 Å². The third-order valence-corrected chi connectivity index (χ3v) is 1.77. The van der Waals surface area contributed by atoms with E-state index in [4.69, 9.17) is 5.26 Å². The Morgan fingerprint density at radius 2 is 2.00 bits per heavy atom. The smallest absolute Gasteiger partial charge is 0.202 e. The summed E-state index contributed by atoms with van der Waals surface area (Å²) in [5.74, 6) is -2.95. The zero-order chi connectivity index (χ0) is 10.1. The van der Waals surface area contributed by atoms with E-state index < -0.39 is 5.92 Å². The van der Waals surface area contributed by atoms with Crippen molar-refractivity contribution in [1.82, 2.24) is 0 Å². The van der Waals surface area contributed by atoms with E-state index in [9.17, 15) is 8.78 Å². The minimum absolute atomic E-state index is 0.0399. The molecule has 0 N–H and O–H groups in total. The van der Waals surface area contributed by atoms with E-state index in [-0.39, 0.29) is 11.1 Å². The molecule has 0 fully saturated rings. The molecular weight excluding hydrogens is 172 g/mol. The van der Waals surface area contributed by atoms with Crippen LogP contribution in [0.1, 0.15) is 23.6 Å². The van der Waals surface area contributed by atoms with Crippen molar-refractivity contribution in [2.24, 2.45) is 0 Å². The highest BCUT2D eigenvalue weighted by Crippen LogP contribution is 2.30. The molecule has 0 aliphatic carbocycles. The lowest BCUT2D eigenvalue weighted by atomic mass is 10.0. The van der Waals surface area contributed by atoms with E-state index in [1.807, 2.05) is 0 Å². The normalized spacial score (nSPS) is 11.0. The number of hydrogen-bond acceptors (Lipinski definition) is 1. The van der Waals surface area contributed by atoms with Crippen molar-refractivity contribution >= 4 is 0 Å². The second-order valence-electron chi connectivity index (χ2n) is 3.05. The lowest BCUT2D eigenvalue weighted by molar-refractivity contribution is 0.0171. The van der Waals surface area contributed by atoms with E-state index in [2.05, 4.69) is 0 Å². The molecule has 0 heterocycles. The highest BCUT2D eigenvalue weighted by atomic mass is 19.3. The van der Waals surface area contributed by atoms with Gasteiger partial charge in [0.1, 0.15) is 0 Å². The number of nitrogens with zero attached hydrogens (tertiary/aromatic N) is 1. The minimum Gasteiger partial charge on any atom is -0.202 e. The first-order valence-corrected chi connectivity index (χ1v) is 3.84. The Bertz CT molecular complexity index is 358. The fourth-order valence-electron chi connectivity index (χ4n) is 1.12. The quantitative estimate of drug-likeness (QED) is 0.653. The largest absolute Gasteiger partial charge is 0.271 e. The highest BCUT2D eigenvalue weighted by Gasteiger charge is 2.27. The topological polar surface area (TPSA) is 23.8 Å². The maximum absolute atomic E-state index is 12.9. The number of alkyl halides is 2. The van der Waals surface area contributed by atoms with Crippen LogP contribution in [0.25, 0.3) is 0 Å². The van der Waals surface area contributed by atoms with Crippen LogP contribution < -0.4 is 0 Å². The summed E-state index contributed by atoms with van der Waals surface area (Å²) in [5.41, 5.74) is 0.573. The van der Waals surface area contributed by atoms with Gasteiger partial charge in [0.05, 0.1) is 11.6 Å². The van der Waals surface area contributed by atoms with E-state index in [0.717, 1.165) is 12.5 Å². The molecule has 3 heteroatoms. The summed E-state index contributed by atoms with van der Waals surface area (Å²) in [6.45, 7) is 2.51. The standard InChI is InChI=1S/C10H9F2N/c1-7-3-4-8(6-13)9(5-7)10(2,11)12/h3-5H,1-2H3. The molecule has 1 aromatic rings.